The Kier molecular flexibility index (Phi) is 7.25. The average molecular weight is 409 g/mol. The summed E-state index contributed by atoms with van der Waals surface area (Å²) in [5, 5.41) is 22.8. The van der Waals surface area contributed by atoms with E-state index in [1.807, 2.05) is 19.1 Å². The summed E-state index contributed by atoms with van der Waals surface area (Å²) in [7, 11) is 1.36. The highest BCUT2D eigenvalue weighted by Gasteiger charge is 2.24. The predicted octanol–water partition coefficient (Wildman–Crippen LogP) is 3.39. The van der Waals surface area contributed by atoms with Crippen LogP contribution in [0.3, 0.4) is 0 Å². The molecule has 2 rings (SSSR count). The van der Waals surface area contributed by atoms with Crippen molar-refractivity contribution in [1.82, 2.24) is 0 Å². The summed E-state index contributed by atoms with van der Waals surface area (Å²) in [5.41, 5.74) is 0.905. The molecule has 2 aromatic rings. The highest BCUT2D eigenvalue weighted by Crippen LogP contribution is 2.29. The molecule has 0 radical (unpaired) electrons. The van der Waals surface area contributed by atoms with Crippen molar-refractivity contribution in [3.63, 3.8) is 0 Å². The lowest BCUT2D eigenvalue weighted by atomic mass is 10.1. The Morgan fingerprint density at radius 1 is 1.23 bits per heavy atom. The molecule has 0 unspecified atom stereocenters. The second-order valence-corrected chi connectivity index (χ2v) is 6.26. The molecule has 154 valence electrons. The van der Waals surface area contributed by atoms with E-state index < -0.39 is 22.9 Å². The number of carbonyl (C=O) groups excluding carboxylic acids is 2. The zero-order valence-electron chi connectivity index (χ0n) is 16.5. The molecule has 2 aromatic carbocycles. The van der Waals surface area contributed by atoms with Gasteiger partial charge in [0.05, 0.1) is 18.1 Å². The van der Waals surface area contributed by atoms with Crippen molar-refractivity contribution >= 4 is 29.3 Å². The smallest absolute Gasteiger partial charge is 0.349 e. The summed E-state index contributed by atoms with van der Waals surface area (Å²) >= 11 is 0. The predicted molar refractivity (Wildman–Crippen MR) is 109 cm³/mol. The molecule has 9 nitrogen and oxygen atoms in total. The molecule has 0 aliphatic carbocycles. The molecule has 1 N–H and O–H groups in total. The van der Waals surface area contributed by atoms with E-state index in [4.69, 9.17) is 9.47 Å². The minimum absolute atomic E-state index is 0.0793. The number of benzene rings is 2. The Bertz CT molecular complexity index is 1040. The normalized spacial score (nSPS) is 11.7. The zero-order valence-corrected chi connectivity index (χ0v) is 16.5. The molecule has 0 saturated carbocycles. The van der Waals surface area contributed by atoms with Crippen LogP contribution in [0.5, 0.6) is 5.75 Å². The third-order valence-electron chi connectivity index (χ3n) is 4.04. The molecule has 0 saturated heterocycles. The van der Waals surface area contributed by atoms with Crippen molar-refractivity contribution in [3.8, 4) is 11.8 Å². The maximum Gasteiger partial charge on any atom is 0.349 e. The first-order valence-electron chi connectivity index (χ1n) is 8.78. The first kappa shape index (κ1) is 22.1. The van der Waals surface area contributed by atoms with Crippen LogP contribution >= 0.6 is 0 Å². The van der Waals surface area contributed by atoms with Gasteiger partial charge in [0.2, 0.25) is 0 Å². The fourth-order valence-corrected chi connectivity index (χ4v) is 2.37. The number of methoxy groups -OCH3 is 1. The van der Waals surface area contributed by atoms with Gasteiger partial charge < -0.3 is 14.8 Å². The van der Waals surface area contributed by atoms with Gasteiger partial charge in [0.25, 0.3) is 11.6 Å². The van der Waals surface area contributed by atoms with E-state index in [-0.39, 0.29) is 22.7 Å². The lowest BCUT2D eigenvalue weighted by Gasteiger charge is -2.13. The Labute approximate surface area is 172 Å². The van der Waals surface area contributed by atoms with Crippen molar-refractivity contribution in [2.75, 3.05) is 12.4 Å². The van der Waals surface area contributed by atoms with Crippen LogP contribution in [0.1, 0.15) is 18.1 Å². The van der Waals surface area contributed by atoms with Gasteiger partial charge in [-0.15, -0.1) is 0 Å². The number of hydrogen-bond donors (Lipinski definition) is 1. The van der Waals surface area contributed by atoms with Gasteiger partial charge in [-0.25, -0.2) is 4.79 Å². The third-order valence-corrected chi connectivity index (χ3v) is 4.04. The lowest BCUT2D eigenvalue weighted by molar-refractivity contribution is -0.384. The van der Waals surface area contributed by atoms with Crippen molar-refractivity contribution in [1.29, 1.82) is 5.26 Å². The van der Waals surface area contributed by atoms with Crippen LogP contribution < -0.4 is 10.1 Å². The van der Waals surface area contributed by atoms with Crippen molar-refractivity contribution in [3.05, 3.63) is 69.3 Å². The number of nitrogens with zero attached hydrogens (tertiary/aromatic N) is 2. The molecule has 0 fully saturated rings. The van der Waals surface area contributed by atoms with Gasteiger partial charge in [0, 0.05) is 0 Å². The molecule has 0 aliphatic rings. The van der Waals surface area contributed by atoms with Crippen LogP contribution in [0.15, 0.2) is 48.0 Å². The lowest BCUT2D eigenvalue weighted by Crippen LogP contribution is -2.30. The molecule has 1 amide bonds. The maximum absolute atomic E-state index is 12.3. The van der Waals surface area contributed by atoms with Crippen LogP contribution in [0, 0.1) is 28.4 Å². The van der Waals surface area contributed by atoms with E-state index in [9.17, 15) is 25.0 Å². The topological polar surface area (TPSA) is 132 Å². The Hall–Kier alpha value is -4.19. The van der Waals surface area contributed by atoms with Crippen molar-refractivity contribution in [2.24, 2.45) is 0 Å². The number of amides is 1. The number of ether oxygens (including phenoxy) is 2. The highest BCUT2D eigenvalue weighted by atomic mass is 16.6. The number of nitriles is 1. The van der Waals surface area contributed by atoms with Gasteiger partial charge in [0.1, 0.15) is 23.1 Å². The number of esters is 1. The summed E-state index contributed by atoms with van der Waals surface area (Å²) in [6, 6.07) is 12.8. The van der Waals surface area contributed by atoms with Crippen LogP contribution in [0.2, 0.25) is 0 Å². The van der Waals surface area contributed by atoms with E-state index in [2.05, 4.69) is 5.32 Å². The largest absolute Gasteiger partial charge is 0.496 e. The molecule has 0 heterocycles. The molecular formula is C21H19N3O6. The van der Waals surface area contributed by atoms with Gasteiger partial charge in [-0.05, 0) is 37.6 Å². The molecule has 0 aromatic heterocycles. The van der Waals surface area contributed by atoms with Gasteiger partial charge in [-0.1, -0.05) is 29.8 Å². The molecule has 1 atom stereocenters. The zero-order chi connectivity index (χ0) is 22.3. The number of anilines is 1. The second kappa shape index (κ2) is 9.84. The third kappa shape index (κ3) is 5.65. The molecule has 9 heteroatoms. The number of nitro benzene ring substituents is 1. The van der Waals surface area contributed by atoms with E-state index in [1.165, 1.54) is 32.2 Å². The number of carbonyl (C=O) groups is 2. The first-order valence-corrected chi connectivity index (χ1v) is 8.78. The van der Waals surface area contributed by atoms with Gasteiger partial charge in [0.15, 0.2) is 6.10 Å². The average Bonchev–Trinajstić information content (AvgIpc) is 2.73. The molecule has 0 spiro atoms. The number of aryl methyl sites for hydroxylation is 1. The van der Waals surface area contributed by atoms with E-state index in [0.29, 0.717) is 5.56 Å². The van der Waals surface area contributed by atoms with Crippen LogP contribution in [-0.2, 0) is 14.3 Å². The van der Waals surface area contributed by atoms with E-state index in [1.54, 1.807) is 18.2 Å². The Balaban J connectivity index is 2.11. The number of hydrogen-bond acceptors (Lipinski definition) is 7. The summed E-state index contributed by atoms with van der Waals surface area (Å²) in [5.74, 6) is -1.52. The fourth-order valence-electron chi connectivity index (χ4n) is 2.37. The molecule has 30 heavy (non-hydrogen) atoms. The van der Waals surface area contributed by atoms with Crippen LogP contribution in [-0.4, -0.2) is 30.0 Å². The quantitative estimate of drug-likeness (QED) is 0.244. The standard InChI is InChI=1S/C21H19N3O6/c1-13-4-6-15(7-5-13)10-16(12-22)21(26)30-14(2)20(25)23-18-9-8-17(29-3)11-19(18)24(27)28/h4-11,14H,1-3H3,(H,23,25)/b16-10+/t14-/m0/s1. The molecule has 0 aliphatic heterocycles. The van der Waals surface area contributed by atoms with E-state index in [0.717, 1.165) is 11.6 Å². The Morgan fingerprint density at radius 3 is 2.47 bits per heavy atom. The van der Waals surface area contributed by atoms with Crippen LogP contribution in [0.4, 0.5) is 11.4 Å². The molecular weight excluding hydrogens is 390 g/mol. The molecule has 0 bridgehead atoms. The van der Waals surface area contributed by atoms with Crippen molar-refractivity contribution in [2.45, 2.75) is 20.0 Å². The number of nitro groups is 1. The monoisotopic (exact) mass is 409 g/mol. The minimum atomic E-state index is -1.30. The van der Waals surface area contributed by atoms with Crippen molar-refractivity contribution < 1.29 is 24.0 Å². The summed E-state index contributed by atoms with van der Waals surface area (Å²) < 4.78 is 9.98. The number of rotatable bonds is 7. The summed E-state index contributed by atoms with van der Waals surface area (Å²) in [6.07, 6.45) is 0.0507. The van der Waals surface area contributed by atoms with Gasteiger partial charge in [-0.3, -0.25) is 14.9 Å². The second-order valence-electron chi connectivity index (χ2n) is 6.26. The first-order chi connectivity index (χ1) is 14.2. The van der Waals surface area contributed by atoms with E-state index >= 15 is 0 Å². The van der Waals surface area contributed by atoms with Crippen LogP contribution in [0.25, 0.3) is 6.08 Å². The SMILES string of the molecule is COc1ccc(NC(=O)[C@H](C)OC(=O)/C(C#N)=C/c2ccc(C)cc2)c([N+](=O)[O-])c1. The minimum Gasteiger partial charge on any atom is -0.496 e. The maximum atomic E-state index is 12.3. The fraction of sp³-hybridized carbons (Fsp3) is 0.190. The number of nitrogens with one attached hydrogen (secondary N) is 1. The summed E-state index contributed by atoms with van der Waals surface area (Å²) in [6.45, 7) is 3.20. The van der Waals surface area contributed by atoms with Gasteiger partial charge in [-0.2, -0.15) is 5.26 Å². The van der Waals surface area contributed by atoms with Gasteiger partial charge >= 0.3 is 5.97 Å². The highest BCUT2D eigenvalue weighted by molar-refractivity contribution is 6.01. The summed E-state index contributed by atoms with van der Waals surface area (Å²) in [4.78, 5) is 35.1. The Morgan fingerprint density at radius 2 is 1.90 bits per heavy atom.